The van der Waals surface area contributed by atoms with Gasteiger partial charge in [0.15, 0.2) is 0 Å². The van der Waals surface area contributed by atoms with E-state index in [-0.39, 0.29) is 5.91 Å². The maximum absolute atomic E-state index is 11.8. The minimum atomic E-state index is 0.0827. The topological polar surface area (TPSA) is 23.6 Å². The van der Waals surface area contributed by atoms with E-state index in [9.17, 15) is 4.79 Å². The lowest BCUT2D eigenvalue weighted by molar-refractivity contribution is -0.133. The van der Waals surface area contributed by atoms with E-state index in [0.717, 1.165) is 13.1 Å². The maximum Gasteiger partial charge on any atom is 0.269 e. The van der Waals surface area contributed by atoms with Crippen LogP contribution in [0.15, 0.2) is 12.3 Å². The van der Waals surface area contributed by atoms with Gasteiger partial charge in [0.1, 0.15) is 0 Å². The summed E-state index contributed by atoms with van der Waals surface area (Å²) in [6.45, 7) is 13.8. The molecule has 0 spiro atoms. The van der Waals surface area contributed by atoms with Gasteiger partial charge in [0.25, 0.3) is 5.91 Å². The molecule has 1 fully saturated rings. The highest BCUT2D eigenvalue weighted by Crippen LogP contribution is 2.21. The Morgan fingerprint density at radius 1 is 1.57 bits per heavy atom. The SMILES string of the molecule is C=C1C(=O)N(CC)CC(C)N1C(C)C. The van der Waals surface area contributed by atoms with E-state index >= 15 is 0 Å². The molecule has 0 aromatic heterocycles. The molecule has 1 amide bonds. The normalized spacial score (nSPS) is 23.6. The molecule has 0 saturated carbocycles. The average Bonchev–Trinajstić information content (AvgIpc) is 2.10. The molecule has 1 atom stereocenters. The average molecular weight is 196 g/mol. The standard InChI is InChI=1S/C11H20N2O/c1-6-12-7-9(4)13(8(2)3)10(5)11(12)14/h8-9H,5-7H2,1-4H3. The zero-order valence-electron chi connectivity index (χ0n) is 9.58. The summed E-state index contributed by atoms with van der Waals surface area (Å²) in [5, 5.41) is 0. The smallest absolute Gasteiger partial charge is 0.269 e. The van der Waals surface area contributed by atoms with Gasteiger partial charge in [0.2, 0.25) is 0 Å². The Kier molecular flexibility index (Phi) is 3.19. The van der Waals surface area contributed by atoms with Crippen LogP contribution in [0.1, 0.15) is 27.7 Å². The van der Waals surface area contributed by atoms with Crippen molar-refractivity contribution in [2.45, 2.75) is 39.8 Å². The van der Waals surface area contributed by atoms with Gasteiger partial charge in [-0.3, -0.25) is 4.79 Å². The van der Waals surface area contributed by atoms with Gasteiger partial charge in [-0.1, -0.05) is 6.58 Å². The highest BCUT2D eigenvalue weighted by Gasteiger charge is 2.32. The lowest BCUT2D eigenvalue weighted by Gasteiger charge is -2.43. The number of hydrogen-bond acceptors (Lipinski definition) is 2. The quantitative estimate of drug-likeness (QED) is 0.624. The number of amides is 1. The zero-order chi connectivity index (χ0) is 10.9. The third-order valence-corrected chi connectivity index (χ3v) is 2.74. The highest BCUT2D eigenvalue weighted by atomic mass is 16.2. The molecule has 1 unspecified atom stereocenters. The van der Waals surface area contributed by atoms with Crippen molar-refractivity contribution >= 4 is 5.91 Å². The molecule has 3 heteroatoms. The predicted molar refractivity (Wildman–Crippen MR) is 57.8 cm³/mol. The molecule has 3 nitrogen and oxygen atoms in total. The predicted octanol–water partition coefficient (Wildman–Crippen LogP) is 1.46. The molecule has 1 saturated heterocycles. The molecule has 0 aromatic rings. The molecule has 0 N–H and O–H groups in total. The number of carbonyl (C=O) groups excluding carboxylic acids is 1. The van der Waals surface area contributed by atoms with Crippen molar-refractivity contribution in [3.05, 3.63) is 12.3 Å². The van der Waals surface area contributed by atoms with Crippen LogP contribution in [-0.4, -0.2) is 40.9 Å². The first-order chi connectivity index (χ1) is 6.49. The highest BCUT2D eigenvalue weighted by molar-refractivity contribution is 5.93. The van der Waals surface area contributed by atoms with Crippen molar-refractivity contribution < 1.29 is 4.79 Å². The van der Waals surface area contributed by atoms with E-state index in [1.807, 2.05) is 11.8 Å². The van der Waals surface area contributed by atoms with Crippen LogP contribution in [0, 0.1) is 0 Å². The number of carbonyl (C=O) groups is 1. The number of hydrogen-bond donors (Lipinski definition) is 0. The number of likely N-dealkylation sites (N-methyl/N-ethyl adjacent to an activating group) is 1. The van der Waals surface area contributed by atoms with Gasteiger partial charge in [-0.25, -0.2) is 0 Å². The lowest BCUT2D eigenvalue weighted by Crippen LogP contribution is -2.55. The Hall–Kier alpha value is -0.990. The Balaban J connectivity index is 2.85. The Morgan fingerprint density at radius 3 is 2.57 bits per heavy atom. The molecule has 1 rings (SSSR count). The van der Waals surface area contributed by atoms with Crippen molar-refractivity contribution in [2.75, 3.05) is 13.1 Å². The molecule has 0 radical (unpaired) electrons. The van der Waals surface area contributed by atoms with Gasteiger partial charge in [-0.2, -0.15) is 0 Å². The molecular weight excluding hydrogens is 176 g/mol. The summed E-state index contributed by atoms with van der Waals surface area (Å²) in [7, 11) is 0. The van der Waals surface area contributed by atoms with Crippen LogP contribution < -0.4 is 0 Å². The third-order valence-electron chi connectivity index (χ3n) is 2.74. The van der Waals surface area contributed by atoms with E-state index < -0.39 is 0 Å². The van der Waals surface area contributed by atoms with Crippen LogP contribution >= 0.6 is 0 Å². The molecule has 80 valence electrons. The molecule has 14 heavy (non-hydrogen) atoms. The molecule has 0 bridgehead atoms. The second-order valence-electron chi connectivity index (χ2n) is 4.14. The fourth-order valence-electron chi connectivity index (χ4n) is 2.14. The first-order valence-electron chi connectivity index (χ1n) is 5.25. The number of rotatable bonds is 2. The fourth-order valence-corrected chi connectivity index (χ4v) is 2.14. The molecule has 0 aliphatic carbocycles. The van der Waals surface area contributed by atoms with Crippen molar-refractivity contribution in [3.8, 4) is 0 Å². The zero-order valence-corrected chi connectivity index (χ0v) is 9.58. The summed E-state index contributed by atoms with van der Waals surface area (Å²) in [4.78, 5) is 15.8. The van der Waals surface area contributed by atoms with Crippen molar-refractivity contribution in [2.24, 2.45) is 0 Å². The van der Waals surface area contributed by atoms with Crippen molar-refractivity contribution in [1.29, 1.82) is 0 Å². The van der Waals surface area contributed by atoms with Crippen molar-refractivity contribution in [1.82, 2.24) is 9.80 Å². The van der Waals surface area contributed by atoms with Gasteiger partial charge < -0.3 is 9.80 Å². The lowest BCUT2D eigenvalue weighted by atomic mass is 10.1. The minimum absolute atomic E-state index is 0.0827. The molecular formula is C11H20N2O. The van der Waals surface area contributed by atoms with Crippen LogP contribution in [0.2, 0.25) is 0 Å². The summed E-state index contributed by atoms with van der Waals surface area (Å²) in [5.74, 6) is 0.0827. The van der Waals surface area contributed by atoms with Crippen LogP contribution in [-0.2, 0) is 4.79 Å². The summed E-state index contributed by atoms with van der Waals surface area (Å²) < 4.78 is 0. The summed E-state index contributed by atoms with van der Waals surface area (Å²) in [6.07, 6.45) is 0. The fraction of sp³-hybridized carbons (Fsp3) is 0.727. The first-order valence-corrected chi connectivity index (χ1v) is 5.25. The van der Waals surface area contributed by atoms with E-state index in [2.05, 4.69) is 32.3 Å². The van der Waals surface area contributed by atoms with Gasteiger partial charge in [-0.15, -0.1) is 0 Å². The van der Waals surface area contributed by atoms with Crippen LogP contribution in [0.25, 0.3) is 0 Å². The van der Waals surface area contributed by atoms with E-state index in [1.54, 1.807) is 0 Å². The van der Waals surface area contributed by atoms with Gasteiger partial charge in [0.05, 0.1) is 5.70 Å². The molecule has 1 aliphatic rings. The minimum Gasteiger partial charge on any atom is -0.361 e. The summed E-state index contributed by atoms with van der Waals surface area (Å²) >= 11 is 0. The maximum atomic E-state index is 11.8. The second-order valence-corrected chi connectivity index (χ2v) is 4.14. The molecule has 0 aromatic carbocycles. The van der Waals surface area contributed by atoms with Gasteiger partial charge in [0, 0.05) is 25.2 Å². The second kappa shape index (κ2) is 4.03. The van der Waals surface area contributed by atoms with Crippen LogP contribution in [0.4, 0.5) is 0 Å². The van der Waals surface area contributed by atoms with Crippen LogP contribution in [0.5, 0.6) is 0 Å². The monoisotopic (exact) mass is 196 g/mol. The van der Waals surface area contributed by atoms with Gasteiger partial charge >= 0.3 is 0 Å². The van der Waals surface area contributed by atoms with E-state index in [4.69, 9.17) is 0 Å². The molecule has 1 heterocycles. The Morgan fingerprint density at radius 2 is 2.14 bits per heavy atom. The Bertz CT molecular complexity index is 248. The first kappa shape index (κ1) is 11.1. The van der Waals surface area contributed by atoms with Crippen molar-refractivity contribution in [3.63, 3.8) is 0 Å². The van der Waals surface area contributed by atoms with E-state index in [1.165, 1.54) is 0 Å². The van der Waals surface area contributed by atoms with E-state index in [0.29, 0.717) is 17.8 Å². The Labute approximate surface area is 86.4 Å². The summed E-state index contributed by atoms with van der Waals surface area (Å²) in [5.41, 5.74) is 0.639. The third kappa shape index (κ3) is 1.76. The largest absolute Gasteiger partial charge is 0.361 e. The van der Waals surface area contributed by atoms with Crippen LogP contribution in [0.3, 0.4) is 0 Å². The van der Waals surface area contributed by atoms with Gasteiger partial charge in [-0.05, 0) is 27.7 Å². The molecule has 1 aliphatic heterocycles. The summed E-state index contributed by atoms with van der Waals surface area (Å²) in [6, 6.07) is 0.723. The number of piperazine rings is 1. The number of nitrogens with zero attached hydrogens (tertiary/aromatic N) is 2.